The van der Waals surface area contributed by atoms with E-state index in [0.717, 1.165) is 61.3 Å². The Balaban J connectivity index is 3.30. The van der Waals surface area contributed by atoms with Gasteiger partial charge in [-0.2, -0.15) is 0 Å². The average Bonchev–Trinajstić information content (AvgIpc) is 2.75. The summed E-state index contributed by atoms with van der Waals surface area (Å²) in [5.41, 5.74) is 0. The second-order valence-corrected chi connectivity index (χ2v) is 12.0. The summed E-state index contributed by atoms with van der Waals surface area (Å²) in [7, 11) is -3.93. The summed E-state index contributed by atoms with van der Waals surface area (Å²) in [5, 5.41) is 0. The van der Waals surface area contributed by atoms with E-state index in [-0.39, 0.29) is 0 Å². The second-order valence-electron chi connectivity index (χ2n) is 8.63. The summed E-state index contributed by atoms with van der Waals surface area (Å²) in [4.78, 5) is 9.71. The highest BCUT2D eigenvalue weighted by Gasteiger charge is 2.22. The van der Waals surface area contributed by atoms with Crippen LogP contribution in [0, 0.1) is 0 Å². The van der Waals surface area contributed by atoms with Gasteiger partial charge >= 0.3 is 7.82 Å². The van der Waals surface area contributed by atoms with Crippen molar-refractivity contribution in [3.8, 4) is 0 Å². The molecule has 0 aromatic rings. The highest BCUT2D eigenvalue weighted by molar-refractivity contribution is 8.01. The molecule has 0 heterocycles. The van der Waals surface area contributed by atoms with Crippen molar-refractivity contribution in [2.24, 2.45) is 0 Å². The van der Waals surface area contributed by atoms with Gasteiger partial charge in [-0.25, -0.2) is 12.5 Å². The maximum absolute atomic E-state index is 11.8. The lowest BCUT2D eigenvalue weighted by Crippen LogP contribution is -1.89. The van der Waals surface area contributed by atoms with Crippen molar-refractivity contribution < 1.29 is 17.4 Å². The fourth-order valence-electron chi connectivity index (χ4n) is 3.52. The van der Waals surface area contributed by atoms with Crippen LogP contribution in [0.2, 0.25) is 0 Å². The minimum absolute atomic E-state index is 0.744. The van der Waals surface area contributed by atoms with Crippen molar-refractivity contribution in [3.05, 3.63) is 0 Å². The fourth-order valence-corrected chi connectivity index (χ4v) is 6.15. The fraction of sp³-hybridized carbons (Fsp3) is 1.00. The SMILES string of the molecule is CCCCCCCCCCCCSOP(=O)(O)OSCCCCCCCCCCCC. The van der Waals surface area contributed by atoms with Crippen LogP contribution in [0.1, 0.15) is 142 Å². The summed E-state index contributed by atoms with van der Waals surface area (Å²) in [6, 6.07) is 0. The average molecular weight is 499 g/mol. The Morgan fingerprint density at radius 1 is 0.516 bits per heavy atom. The molecule has 0 amide bonds. The number of rotatable bonds is 26. The zero-order chi connectivity index (χ0) is 22.9. The normalized spacial score (nSPS) is 12.0. The van der Waals surface area contributed by atoms with Crippen molar-refractivity contribution in [2.45, 2.75) is 142 Å². The standard InChI is InChI=1S/C24H51O4PS2/c1-3-5-7-9-11-13-15-17-19-21-23-30-27-29(25,26)28-31-24-22-20-18-16-14-12-10-8-6-4-2/h3-24H2,1-2H3,(H,25,26). The lowest BCUT2D eigenvalue weighted by molar-refractivity contribution is 0.323. The Morgan fingerprint density at radius 2 is 0.774 bits per heavy atom. The number of hydrogen-bond donors (Lipinski definition) is 1. The summed E-state index contributed by atoms with van der Waals surface area (Å²) in [6.45, 7) is 4.50. The third kappa shape index (κ3) is 26.9. The molecule has 0 atom stereocenters. The van der Waals surface area contributed by atoms with Gasteiger partial charge in [-0.05, 0) is 12.8 Å². The van der Waals surface area contributed by atoms with Gasteiger partial charge in [-0.3, -0.25) is 0 Å². The topological polar surface area (TPSA) is 55.8 Å². The first kappa shape index (κ1) is 31.8. The Bertz CT molecular complexity index is 368. The van der Waals surface area contributed by atoms with Gasteiger partial charge in [0.25, 0.3) is 0 Å². The van der Waals surface area contributed by atoms with E-state index in [2.05, 4.69) is 13.8 Å². The Labute approximate surface area is 202 Å². The summed E-state index contributed by atoms with van der Waals surface area (Å²) < 4.78 is 21.8. The highest BCUT2D eigenvalue weighted by Crippen LogP contribution is 2.50. The van der Waals surface area contributed by atoms with Crippen LogP contribution in [0.15, 0.2) is 0 Å². The van der Waals surface area contributed by atoms with Crippen LogP contribution >= 0.6 is 31.9 Å². The molecule has 0 aliphatic heterocycles. The Morgan fingerprint density at radius 3 is 1.06 bits per heavy atom. The van der Waals surface area contributed by atoms with E-state index in [0.29, 0.717) is 0 Å². The van der Waals surface area contributed by atoms with Crippen molar-refractivity contribution >= 4 is 31.9 Å². The van der Waals surface area contributed by atoms with Gasteiger partial charge in [0.05, 0.1) is 0 Å². The molecule has 31 heavy (non-hydrogen) atoms. The molecule has 0 aliphatic carbocycles. The van der Waals surface area contributed by atoms with Gasteiger partial charge in [0.1, 0.15) is 0 Å². The van der Waals surface area contributed by atoms with Crippen LogP contribution in [-0.2, 0) is 12.5 Å². The van der Waals surface area contributed by atoms with E-state index < -0.39 is 7.82 Å². The minimum atomic E-state index is -3.93. The maximum Gasteiger partial charge on any atom is 0.494 e. The summed E-state index contributed by atoms with van der Waals surface area (Å²) in [5.74, 6) is 1.49. The van der Waals surface area contributed by atoms with Crippen LogP contribution in [-0.4, -0.2) is 16.4 Å². The van der Waals surface area contributed by atoms with E-state index in [4.69, 9.17) is 7.94 Å². The number of hydrogen-bond acceptors (Lipinski definition) is 5. The molecule has 0 bridgehead atoms. The largest absolute Gasteiger partial charge is 0.494 e. The van der Waals surface area contributed by atoms with Crippen LogP contribution in [0.25, 0.3) is 0 Å². The molecule has 1 N–H and O–H groups in total. The molecule has 4 nitrogen and oxygen atoms in total. The molecule has 0 aliphatic rings. The lowest BCUT2D eigenvalue weighted by Gasteiger charge is -2.09. The van der Waals surface area contributed by atoms with Crippen molar-refractivity contribution in [1.29, 1.82) is 0 Å². The quantitative estimate of drug-likeness (QED) is 0.0727. The molecule has 0 aromatic heterocycles. The first-order valence-electron chi connectivity index (χ1n) is 13.1. The van der Waals surface area contributed by atoms with Gasteiger partial charge < -0.3 is 4.89 Å². The lowest BCUT2D eigenvalue weighted by atomic mass is 10.1. The summed E-state index contributed by atoms with van der Waals surface area (Å²) >= 11 is 2.14. The second kappa shape index (κ2) is 25.4. The third-order valence-electron chi connectivity index (χ3n) is 5.46. The summed E-state index contributed by atoms with van der Waals surface area (Å²) in [6.07, 6.45) is 25.7. The molecule has 0 saturated carbocycles. The Kier molecular flexibility index (Phi) is 26.1. The van der Waals surface area contributed by atoms with Gasteiger partial charge in [-0.15, -0.1) is 0 Å². The molecule has 0 aromatic carbocycles. The Hall–Kier alpha value is 0.810. The molecule has 0 fully saturated rings. The van der Waals surface area contributed by atoms with Gasteiger partial charge in [0, 0.05) is 35.6 Å². The van der Waals surface area contributed by atoms with Crippen molar-refractivity contribution in [3.63, 3.8) is 0 Å². The molecular weight excluding hydrogens is 447 g/mol. The molecule has 0 rings (SSSR count). The molecule has 0 saturated heterocycles. The van der Waals surface area contributed by atoms with Crippen molar-refractivity contribution in [1.82, 2.24) is 0 Å². The molecule has 0 spiro atoms. The monoisotopic (exact) mass is 498 g/mol. The van der Waals surface area contributed by atoms with Crippen LogP contribution in [0.4, 0.5) is 0 Å². The van der Waals surface area contributed by atoms with Crippen LogP contribution in [0.3, 0.4) is 0 Å². The maximum atomic E-state index is 11.8. The number of unbranched alkanes of at least 4 members (excludes halogenated alkanes) is 18. The molecular formula is C24H51O4PS2. The third-order valence-corrected chi connectivity index (χ3v) is 8.72. The first-order valence-corrected chi connectivity index (χ1v) is 16.4. The zero-order valence-electron chi connectivity index (χ0n) is 20.5. The predicted octanol–water partition coefficient (Wildman–Crippen LogP) is 10.3. The zero-order valence-corrected chi connectivity index (χ0v) is 23.0. The highest BCUT2D eigenvalue weighted by atomic mass is 32.2. The van der Waals surface area contributed by atoms with E-state index in [1.54, 1.807) is 0 Å². The van der Waals surface area contributed by atoms with Crippen LogP contribution < -0.4 is 0 Å². The smallest absolute Gasteiger partial charge is 0.301 e. The van der Waals surface area contributed by atoms with E-state index in [9.17, 15) is 9.46 Å². The van der Waals surface area contributed by atoms with Gasteiger partial charge in [0.15, 0.2) is 0 Å². The minimum Gasteiger partial charge on any atom is -0.301 e. The van der Waals surface area contributed by atoms with Crippen LogP contribution in [0.5, 0.6) is 0 Å². The van der Waals surface area contributed by atoms with E-state index in [1.165, 1.54) is 103 Å². The predicted molar refractivity (Wildman–Crippen MR) is 141 cm³/mol. The first-order chi connectivity index (χ1) is 15.1. The molecule has 188 valence electrons. The van der Waals surface area contributed by atoms with Crippen molar-refractivity contribution in [2.75, 3.05) is 11.5 Å². The van der Waals surface area contributed by atoms with E-state index in [1.807, 2.05) is 0 Å². The van der Waals surface area contributed by atoms with Gasteiger partial charge in [-0.1, -0.05) is 129 Å². The molecule has 7 heteroatoms. The number of phosphoric acid groups is 1. The van der Waals surface area contributed by atoms with Gasteiger partial charge in [0.2, 0.25) is 0 Å². The molecule has 0 radical (unpaired) electrons. The van der Waals surface area contributed by atoms with E-state index >= 15 is 0 Å². The molecule has 0 unspecified atom stereocenters.